The van der Waals surface area contributed by atoms with Gasteiger partial charge in [-0.05, 0) is 43.1 Å². The Morgan fingerprint density at radius 1 is 0.886 bits per heavy atom. The van der Waals surface area contributed by atoms with Crippen LogP contribution in [0.15, 0.2) is 11.6 Å². The summed E-state index contributed by atoms with van der Waals surface area (Å²) >= 11 is 0. The Balaban J connectivity index is 1.79. The minimum absolute atomic E-state index is 0.0502. The van der Waals surface area contributed by atoms with Crippen LogP contribution in [-0.4, -0.2) is 63.9 Å². The van der Waals surface area contributed by atoms with Gasteiger partial charge in [-0.3, -0.25) is 4.79 Å². The lowest BCUT2D eigenvalue weighted by molar-refractivity contribution is -0.163. The molecule has 0 aliphatic heterocycles. The molecule has 4 aliphatic rings. The average Bonchev–Trinajstić information content (AvgIpc) is 3.13. The van der Waals surface area contributed by atoms with Crippen molar-refractivity contribution in [1.29, 1.82) is 0 Å². The van der Waals surface area contributed by atoms with Crippen LogP contribution in [-0.2, 0) is 33.2 Å². The van der Waals surface area contributed by atoms with Gasteiger partial charge in [0.25, 0.3) is 0 Å². The van der Waals surface area contributed by atoms with Gasteiger partial charge in [0.15, 0.2) is 0 Å². The normalized spacial score (nSPS) is 39.7. The molecule has 0 aromatic heterocycles. The molecule has 0 spiro atoms. The Hall–Kier alpha value is -2.78. The fourth-order valence-corrected chi connectivity index (χ4v) is 7.29. The highest BCUT2D eigenvalue weighted by Crippen LogP contribution is 2.65. The zero-order valence-electron chi connectivity index (χ0n) is 20.9. The van der Waals surface area contributed by atoms with E-state index in [2.05, 4.69) is 11.7 Å². The summed E-state index contributed by atoms with van der Waals surface area (Å²) < 4.78 is 31.3. The minimum Gasteiger partial charge on any atom is -0.438 e. The Morgan fingerprint density at radius 3 is 2.17 bits per heavy atom. The van der Waals surface area contributed by atoms with Crippen LogP contribution in [0.3, 0.4) is 0 Å². The molecule has 0 saturated heterocycles. The van der Waals surface area contributed by atoms with E-state index in [1.807, 2.05) is 13.0 Å². The van der Waals surface area contributed by atoms with Crippen molar-refractivity contribution in [2.45, 2.75) is 70.7 Å². The number of carbonyl (C=O) groups excluding carboxylic acids is 4. The monoisotopic (exact) mass is 494 g/mol. The number of methoxy groups -OCH3 is 3. The number of hydrogen-bond donors (Lipinski definition) is 0. The molecule has 3 fully saturated rings. The number of carbonyl (C=O) groups is 4. The maximum atomic E-state index is 13.0. The summed E-state index contributed by atoms with van der Waals surface area (Å²) in [5, 5.41) is 0. The third-order valence-electron chi connectivity index (χ3n) is 8.93. The van der Waals surface area contributed by atoms with Crippen molar-refractivity contribution < 1.29 is 47.6 Å². The van der Waals surface area contributed by atoms with Gasteiger partial charge in [0.1, 0.15) is 24.1 Å². The van der Waals surface area contributed by atoms with Crippen molar-refractivity contribution in [2.75, 3.05) is 21.3 Å². The van der Waals surface area contributed by atoms with Crippen molar-refractivity contribution >= 4 is 24.2 Å². The molecule has 0 N–H and O–H groups in total. The first-order valence-electron chi connectivity index (χ1n) is 12.1. The maximum absolute atomic E-state index is 13.0. The van der Waals surface area contributed by atoms with Gasteiger partial charge in [-0.2, -0.15) is 0 Å². The van der Waals surface area contributed by atoms with E-state index >= 15 is 0 Å². The van der Waals surface area contributed by atoms with E-state index in [0.29, 0.717) is 38.5 Å². The van der Waals surface area contributed by atoms with Crippen LogP contribution in [0, 0.1) is 28.6 Å². The van der Waals surface area contributed by atoms with Crippen LogP contribution in [0.4, 0.5) is 14.4 Å². The van der Waals surface area contributed by atoms with Crippen molar-refractivity contribution in [3.63, 3.8) is 0 Å². The zero-order chi connectivity index (χ0) is 25.5. The first kappa shape index (κ1) is 25.3. The molecule has 0 radical (unpaired) electrons. The zero-order valence-corrected chi connectivity index (χ0v) is 20.9. The number of rotatable bonds is 3. The predicted molar refractivity (Wildman–Crippen MR) is 119 cm³/mol. The molecule has 0 heterocycles. The second-order valence-corrected chi connectivity index (χ2v) is 10.5. The summed E-state index contributed by atoms with van der Waals surface area (Å²) in [6.45, 7) is 4.04. The molecular weight excluding hydrogens is 460 g/mol. The van der Waals surface area contributed by atoms with Gasteiger partial charge >= 0.3 is 18.5 Å². The number of hydrogen-bond acceptors (Lipinski definition) is 10. The van der Waals surface area contributed by atoms with Crippen molar-refractivity contribution in [2.24, 2.45) is 28.6 Å². The summed E-state index contributed by atoms with van der Waals surface area (Å²) in [6, 6.07) is 0. The fourth-order valence-electron chi connectivity index (χ4n) is 7.29. The maximum Gasteiger partial charge on any atom is 0.508 e. The van der Waals surface area contributed by atoms with Crippen LogP contribution in [0.2, 0.25) is 0 Å². The van der Waals surface area contributed by atoms with Gasteiger partial charge in [-0.15, -0.1) is 0 Å². The van der Waals surface area contributed by atoms with Gasteiger partial charge in [-0.25, -0.2) is 14.4 Å². The average molecular weight is 495 g/mol. The van der Waals surface area contributed by atoms with E-state index in [0.717, 1.165) is 5.57 Å². The topological polar surface area (TPSA) is 124 Å². The van der Waals surface area contributed by atoms with Crippen LogP contribution >= 0.6 is 0 Å². The Morgan fingerprint density at radius 2 is 1.51 bits per heavy atom. The molecular formula is C25H34O10. The highest BCUT2D eigenvalue weighted by Gasteiger charge is 2.66. The van der Waals surface area contributed by atoms with Gasteiger partial charge in [0, 0.05) is 30.1 Å². The highest BCUT2D eigenvalue weighted by molar-refractivity contribution is 5.87. The van der Waals surface area contributed by atoms with Gasteiger partial charge in [0.2, 0.25) is 0 Å². The second-order valence-electron chi connectivity index (χ2n) is 10.5. The number of fused-ring (bicyclic) bond motifs is 5. The van der Waals surface area contributed by atoms with E-state index < -0.39 is 41.5 Å². The smallest absolute Gasteiger partial charge is 0.438 e. The minimum atomic E-state index is -0.825. The number of ketones is 1. The summed E-state index contributed by atoms with van der Waals surface area (Å²) in [5.41, 5.74) is -0.175. The summed E-state index contributed by atoms with van der Waals surface area (Å²) in [4.78, 5) is 49.3. The van der Waals surface area contributed by atoms with Crippen LogP contribution < -0.4 is 0 Å². The van der Waals surface area contributed by atoms with E-state index in [1.165, 1.54) is 21.3 Å². The molecule has 8 atom stereocenters. The molecule has 35 heavy (non-hydrogen) atoms. The largest absolute Gasteiger partial charge is 0.508 e. The molecule has 0 bridgehead atoms. The molecule has 0 unspecified atom stereocenters. The number of ether oxygens (including phenoxy) is 6. The van der Waals surface area contributed by atoms with E-state index in [9.17, 15) is 19.2 Å². The summed E-state index contributed by atoms with van der Waals surface area (Å²) in [6.07, 6.45) is 1.02. The van der Waals surface area contributed by atoms with E-state index in [4.69, 9.17) is 23.7 Å². The lowest BCUT2D eigenvalue weighted by Crippen LogP contribution is -2.61. The first-order valence-corrected chi connectivity index (χ1v) is 12.1. The third-order valence-corrected chi connectivity index (χ3v) is 8.93. The van der Waals surface area contributed by atoms with Crippen molar-refractivity contribution in [1.82, 2.24) is 0 Å². The SMILES string of the molecule is COC(=O)O[C@H]1CC[C@@]2(C)C(=C[C@@H](OC(=O)OC)[C@@H]3[C@@H]2[C@H](OC(=O)OC)C[C@]2(C)C(=O)CC[C@@H]32)C1. The van der Waals surface area contributed by atoms with Gasteiger partial charge in [0.05, 0.1) is 21.3 Å². The molecule has 194 valence electrons. The molecule has 0 amide bonds. The Labute approximate surface area is 204 Å². The van der Waals surface area contributed by atoms with Crippen LogP contribution in [0.1, 0.15) is 52.4 Å². The van der Waals surface area contributed by atoms with Crippen LogP contribution in [0.25, 0.3) is 0 Å². The summed E-state index contributed by atoms with van der Waals surface area (Å²) in [7, 11) is 3.75. The molecule has 4 rings (SSSR count). The Bertz CT molecular complexity index is 927. The van der Waals surface area contributed by atoms with Gasteiger partial charge < -0.3 is 28.4 Å². The molecule has 10 nitrogen and oxygen atoms in total. The molecule has 3 saturated carbocycles. The molecule has 0 aromatic carbocycles. The first-order chi connectivity index (χ1) is 16.6. The quantitative estimate of drug-likeness (QED) is 0.320. The lowest BCUT2D eigenvalue weighted by atomic mass is 9.46. The molecule has 0 aromatic rings. The Kier molecular flexibility index (Phi) is 6.76. The molecule has 10 heteroatoms. The van der Waals surface area contributed by atoms with E-state index in [-0.39, 0.29) is 29.6 Å². The standard InChI is InChI=1S/C25H34O10/c1-24-9-8-14(33-21(27)30-3)10-13(24)11-16(34-22(28)31-4)19-15-6-7-18(26)25(15,2)12-17(20(19)24)35-23(29)32-5/h11,14-17,19-20H,6-10,12H2,1-5H3/t14-,15-,16+,17+,19+,20-,24-,25-/m0/s1. The van der Waals surface area contributed by atoms with Crippen molar-refractivity contribution in [3.8, 4) is 0 Å². The molecule has 4 aliphatic carbocycles. The van der Waals surface area contributed by atoms with Crippen LogP contribution in [0.5, 0.6) is 0 Å². The second kappa shape index (κ2) is 9.35. The highest BCUT2D eigenvalue weighted by atomic mass is 16.7. The van der Waals surface area contributed by atoms with Gasteiger partial charge in [-0.1, -0.05) is 19.4 Å². The third kappa shape index (κ3) is 4.25. The lowest BCUT2D eigenvalue weighted by Gasteiger charge is -2.60. The fraction of sp³-hybridized carbons (Fsp3) is 0.760. The van der Waals surface area contributed by atoms with Crippen molar-refractivity contribution in [3.05, 3.63) is 11.6 Å². The summed E-state index contributed by atoms with van der Waals surface area (Å²) in [5.74, 6) is -0.419. The predicted octanol–water partition coefficient (Wildman–Crippen LogP) is 4.19. The van der Waals surface area contributed by atoms with E-state index in [1.54, 1.807) is 0 Å². The number of Topliss-reactive ketones (excluding diaryl/α,β-unsaturated/α-hetero) is 1.